The van der Waals surface area contributed by atoms with Gasteiger partial charge in [0.05, 0.1) is 4.92 Å². The van der Waals surface area contributed by atoms with Crippen LogP contribution in [0.15, 0.2) is 24.3 Å². The highest BCUT2D eigenvalue weighted by molar-refractivity contribution is 5.67. The first-order chi connectivity index (χ1) is 10.2. The predicted molar refractivity (Wildman–Crippen MR) is 85.7 cm³/mol. The van der Waals surface area contributed by atoms with Gasteiger partial charge < -0.3 is 10.1 Å². The second-order valence-electron chi connectivity index (χ2n) is 5.92. The van der Waals surface area contributed by atoms with Crippen LogP contribution in [0.4, 0.5) is 10.5 Å². The van der Waals surface area contributed by atoms with E-state index in [2.05, 4.69) is 5.32 Å². The maximum absolute atomic E-state index is 11.4. The van der Waals surface area contributed by atoms with Crippen molar-refractivity contribution < 1.29 is 14.5 Å². The van der Waals surface area contributed by atoms with E-state index in [0.29, 0.717) is 18.5 Å². The van der Waals surface area contributed by atoms with E-state index >= 15 is 0 Å². The van der Waals surface area contributed by atoms with Gasteiger partial charge >= 0.3 is 6.09 Å². The monoisotopic (exact) mass is 306 g/mol. The molecule has 0 heterocycles. The first-order valence-electron chi connectivity index (χ1n) is 7.07. The second kappa shape index (κ2) is 7.59. The zero-order valence-corrected chi connectivity index (χ0v) is 13.4. The molecule has 1 N–H and O–H groups in total. The molecule has 0 saturated carbocycles. The lowest BCUT2D eigenvalue weighted by Crippen LogP contribution is -2.32. The lowest BCUT2D eigenvalue weighted by Gasteiger charge is -2.19. The molecule has 0 bridgehead atoms. The molecule has 22 heavy (non-hydrogen) atoms. The number of alkyl carbamates (subject to hydrolysis) is 1. The van der Waals surface area contributed by atoms with Crippen LogP contribution < -0.4 is 5.32 Å². The van der Waals surface area contributed by atoms with Crippen molar-refractivity contribution in [1.82, 2.24) is 5.32 Å². The fourth-order valence-electron chi connectivity index (χ4n) is 1.78. The minimum absolute atomic E-state index is 0.115. The minimum atomic E-state index is -0.504. The fraction of sp³-hybridized carbons (Fsp3) is 0.438. The largest absolute Gasteiger partial charge is 0.444 e. The van der Waals surface area contributed by atoms with E-state index in [-0.39, 0.29) is 5.69 Å². The number of carbonyl (C=O) groups is 1. The van der Waals surface area contributed by atoms with E-state index in [4.69, 9.17) is 4.74 Å². The number of hydrogen-bond donors (Lipinski definition) is 1. The smallest absolute Gasteiger partial charge is 0.407 e. The Balaban J connectivity index is 2.42. The van der Waals surface area contributed by atoms with Gasteiger partial charge in [-0.25, -0.2) is 4.79 Å². The molecule has 0 atom stereocenters. The molecule has 120 valence electrons. The Morgan fingerprint density at radius 1 is 1.41 bits per heavy atom. The van der Waals surface area contributed by atoms with E-state index in [0.717, 1.165) is 5.56 Å². The van der Waals surface area contributed by atoms with Crippen LogP contribution in [0, 0.1) is 17.0 Å². The molecule has 0 unspecified atom stereocenters. The highest BCUT2D eigenvalue weighted by Crippen LogP contribution is 2.19. The molecule has 0 radical (unpaired) electrons. The Labute approximate surface area is 130 Å². The van der Waals surface area contributed by atoms with Gasteiger partial charge in [0.1, 0.15) is 5.60 Å². The van der Waals surface area contributed by atoms with Gasteiger partial charge in [-0.3, -0.25) is 10.1 Å². The summed E-state index contributed by atoms with van der Waals surface area (Å²) in [6.07, 6.45) is 3.98. The van der Waals surface area contributed by atoms with Crippen molar-refractivity contribution in [1.29, 1.82) is 0 Å². The summed E-state index contributed by atoms with van der Waals surface area (Å²) in [6, 6.07) is 4.95. The molecular formula is C16H22N2O4. The van der Waals surface area contributed by atoms with Crippen molar-refractivity contribution in [3.05, 3.63) is 45.5 Å². The Morgan fingerprint density at radius 2 is 2.09 bits per heavy atom. The zero-order chi connectivity index (χ0) is 16.8. The summed E-state index contributed by atoms with van der Waals surface area (Å²) >= 11 is 0. The van der Waals surface area contributed by atoms with E-state index in [1.54, 1.807) is 19.1 Å². The third-order valence-corrected chi connectivity index (χ3v) is 2.71. The maximum atomic E-state index is 11.4. The van der Waals surface area contributed by atoms with Crippen LogP contribution in [0.1, 0.15) is 38.3 Å². The number of aryl methyl sites for hydroxylation is 1. The molecule has 1 aromatic rings. The van der Waals surface area contributed by atoms with Gasteiger partial charge in [-0.05, 0) is 51.8 Å². The molecule has 1 amide bonds. The third kappa shape index (κ3) is 6.39. The highest BCUT2D eigenvalue weighted by atomic mass is 16.6. The number of benzene rings is 1. The topological polar surface area (TPSA) is 81.5 Å². The van der Waals surface area contributed by atoms with E-state index in [1.807, 2.05) is 32.9 Å². The van der Waals surface area contributed by atoms with Crippen LogP contribution in [-0.4, -0.2) is 23.2 Å². The molecular weight excluding hydrogens is 284 g/mol. The van der Waals surface area contributed by atoms with Crippen molar-refractivity contribution in [2.45, 2.75) is 39.7 Å². The summed E-state index contributed by atoms with van der Waals surface area (Å²) in [4.78, 5) is 21.8. The molecule has 6 nitrogen and oxygen atoms in total. The molecule has 0 aromatic heterocycles. The summed E-state index contributed by atoms with van der Waals surface area (Å²) in [5.41, 5.74) is 1.12. The lowest BCUT2D eigenvalue weighted by atomic mass is 10.1. The van der Waals surface area contributed by atoms with Gasteiger partial charge in [0.15, 0.2) is 0 Å². The average Bonchev–Trinajstić information content (AvgIpc) is 2.35. The first kappa shape index (κ1) is 17.7. The number of nitrogens with one attached hydrogen (secondary N) is 1. The minimum Gasteiger partial charge on any atom is -0.444 e. The van der Waals surface area contributed by atoms with Crippen LogP contribution in [0.3, 0.4) is 0 Å². The Morgan fingerprint density at radius 3 is 2.64 bits per heavy atom. The summed E-state index contributed by atoms with van der Waals surface area (Å²) < 4.78 is 5.12. The normalized spacial score (nSPS) is 11.5. The van der Waals surface area contributed by atoms with Gasteiger partial charge in [-0.1, -0.05) is 12.2 Å². The number of rotatable bonds is 5. The van der Waals surface area contributed by atoms with Gasteiger partial charge in [0, 0.05) is 18.2 Å². The Hall–Kier alpha value is -2.37. The van der Waals surface area contributed by atoms with Gasteiger partial charge in [0.2, 0.25) is 0 Å². The van der Waals surface area contributed by atoms with Crippen LogP contribution in [0.2, 0.25) is 0 Å². The number of nitro benzene ring substituents is 1. The molecule has 1 rings (SSSR count). The zero-order valence-electron chi connectivity index (χ0n) is 13.4. The molecule has 0 spiro atoms. The number of nitrogens with zero attached hydrogens (tertiary/aromatic N) is 1. The SMILES string of the molecule is Cc1cc(C=CCCNC(=O)OC(C)(C)C)ccc1[N+](=O)[O-]. The number of hydrogen-bond acceptors (Lipinski definition) is 4. The molecule has 1 aromatic carbocycles. The third-order valence-electron chi connectivity index (χ3n) is 2.71. The van der Waals surface area contributed by atoms with Crippen molar-refractivity contribution in [2.75, 3.05) is 6.54 Å². The second-order valence-corrected chi connectivity index (χ2v) is 5.92. The molecule has 0 aliphatic heterocycles. The summed E-state index contributed by atoms with van der Waals surface area (Å²) in [6.45, 7) is 7.60. The summed E-state index contributed by atoms with van der Waals surface area (Å²) in [5.74, 6) is 0. The number of carbonyl (C=O) groups excluding carboxylic acids is 1. The van der Waals surface area contributed by atoms with Crippen molar-refractivity contribution in [2.24, 2.45) is 0 Å². The fourth-order valence-corrected chi connectivity index (χ4v) is 1.78. The highest BCUT2D eigenvalue weighted by Gasteiger charge is 2.15. The summed E-state index contributed by atoms with van der Waals surface area (Å²) in [7, 11) is 0. The molecule has 0 fully saturated rings. The Bertz CT molecular complexity index is 574. The maximum Gasteiger partial charge on any atom is 0.407 e. The van der Waals surface area contributed by atoms with Crippen molar-refractivity contribution in [3.8, 4) is 0 Å². The Kier molecular flexibility index (Phi) is 6.10. The van der Waals surface area contributed by atoms with E-state index in [9.17, 15) is 14.9 Å². The molecule has 0 aliphatic rings. The van der Waals surface area contributed by atoms with Crippen LogP contribution >= 0.6 is 0 Å². The lowest BCUT2D eigenvalue weighted by molar-refractivity contribution is -0.385. The van der Waals surface area contributed by atoms with Crippen molar-refractivity contribution >= 4 is 17.9 Å². The number of ether oxygens (including phenoxy) is 1. The van der Waals surface area contributed by atoms with E-state index in [1.165, 1.54) is 6.07 Å². The van der Waals surface area contributed by atoms with Gasteiger partial charge in [-0.15, -0.1) is 0 Å². The molecule has 6 heteroatoms. The quantitative estimate of drug-likeness (QED) is 0.509. The number of amides is 1. The van der Waals surface area contributed by atoms with Crippen LogP contribution in [0.5, 0.6) is 0 Å². The first-order valence-corrected chi connectivity index (χ1v) is 7.07. The van der Waals surface area contributed by atoms with Gasteiger partial charge in [0.25, 0.3) is 5.69 Å². The standard InChI is InChI=1S/C16H22N2O4/c1-12-11-13(8-9-14(12)18(20)21)7-5-6-10-17-15(19)22-16(2,3)4/h5,7-9,11H,6,10H2,1-4H3,(H,17,19). The number of nitro groups is 1. The van der Waals surface area contributed by atoms with E-state index < -0.39 is 16.6 Å². The van der Waals surface area contributed by atoms with Gasteiger partial charge in [-0.2, -0.15) is 0 Å². The molecule has 0 aliphatic carbocycles. The average molecular weight is 306 g/mol. The summed E-state index contributed by atoms with van der Waals surface area (Å²) in [5, 5.41) is 13.4. The van der Waals surface area contributed by atoms with Crippen LogP contribution in [-0.2, 0) is 4.74 Å². The predicted octanol–water partition coefficient (Wildman–Crippen LogP) is 3.83. The van der Waals surface area contributed by atoms with Crippen molar-refractivity contribution in [3.63, 3.8) is 0 Å². The van der Waals surface area contributed by atoms with Crippen LogP contribution in [0.25, 0.3) is 6.08 Å². The molecule has 0 saturated heterocycles.